The second-order valence-electron chi connectivity index (χ2n) is 2.08. The first-order chi connectivity index (χ1) is 5.15. The zero-order valence-electron chi connectivity index (χ0n) is 6.03. The number of aromatic hydroxyl groups is 2. The first kappa shape index (κ1) is 7.53. The molecule has 0 aromatic heterocycles. The first-order valence-electron chi connectivity index (χ1n) is 3.00. The maximum Gasteiger partial charge on any atom is 0.145 e. The molecule has 0 atom stereocenters. The Balaban J connectivity index is 3.21. The predicted molar refractivity (Wildman–Crippen MR) is 40.7 cm³/mol. The summed E-state index contributed by atoms with van der Waals surface area (Å²) in [5, 5.41) is 18.1. The summed E-state index contributed by atoms with van der Waals surface area (Å²) in [7, 11) is 1.43. The van der Waals surface area contributed by atoms with Gasteiger partial charge in [0.25, 0.3) is 0 Å². The highest BCUT2D eigenvalue weighted by molar-refractivity contribution is 5.64. The molecule has 4 N–H and O–H groups in total. The average Bonchev–Trinajstić information content (AvgIpc) is 1.99. The van der Waals surface area contributed by atoms with E-state index in [2.05, 4.69) is 0 Å². The van der Waals surface area contributed by atoms with E-state index in [1.165, 1.54) is 19.2 Å². The highest BCUT2D eigenvalue weighted by atomic mass is 16.5. The van der Waals surface area contributed by atoms with Crippen LogP contribution in [0.1, 0.15) is 0 Å². The van der Waals surface area contributed by atoms with Crippen molar-refractivity contribution in [2.45, 2.75) is 0 Å². The molecule has 1 aromatic carbocycles. The highest BCUT2D eigenvalue weighted by Gasteiger charge is 2.05. The van der Waals surface area contributed by atoms with Crippen molar-refractivity contribution >= 4 is 5.69 Å². The Labute approximate surface area is 63.8 Å². The summed E-state index contributed by atoms with van der Waals surface area (Å²) in [6, 6.07) is 2.66. The molecule has 0 saturated carbocycles. The van der Waals surface area contributed by atoms with Crippen LogP contribution in [0.4, 0.5) is 5.69 Å². The van der Waals surface area contributed by atoms with Gasteiger partial charge in [0.15, 0.2) is 0 Å². The molecule has 11 heavy (non-hydrogen) atoms. The lowest BCUT2D eigenvalue weighted by Gasteiger charge is -2.04. The molecular weight excluding hydrogens is 146 g/mol. The van der Waals surface area contributed by atoms with E-state index in [0.717, 1.165) is 0 Å². The van der Waals surface area contributed by atoms with Crippen molar-refractivity contribution in [3.8, 4) is 17.2 Å². The van der Waals surface area contributed by atoms with Gasteiger partial charge in [0.05, 0.1) is 7.11 Å². The molecule has 0 radical (unpaired) electrons. The van der Waals surface area contributed by atoms with Crippen LogP contribution < -0.4 is 10.5 Å². The number of nitrogens with two attached hydrogens (primary N) is 1. The molecule has 0 aliphatic heterocycles. The van der Waals surface area contributed by atoms with Crippen LogP contribution in [0.15, 0.2) is 12.1 Å². The normalized spacial score (nSPS) is 9.55. The van der Waals surface area contributed by atoms with Gasteiger partial charge in [-0.05, 0) is 0 Å². The van der Waals surface area contributed by atoms with E-state index in [0.29, 0.717) is 5.75 Å². The van der Waals surface area contributed by atoms with Crippen molar-refractivity contribution in [1.29, 1.82) is 0 Å². The molecular formula is C7H9NO3. The smallest absolute Gasteiger partial charge is 0.145 e. The fourth-order valence-corrected chi connectivity index (χ4v) is 0.716. The van der Waals surface area contributed by atoms with Gasteiger partial charge in [-0.1, -0.05) is 0 Å². The summed E-state index contributed by atoms with van der Waals surface area (Å²) in [6.45, 7) is 0. The molecule has 0 unspecified atom stereocenters. The number of anilines is 1. The number of benzene rings is 1. The van der Waals surface area contributed by atoms with Gasteiger partial charge in [0.1, 0.15) is 22.9 Å². The van der Waals surface area contributed by atoms with Crippen molar-refractivity contribution in [3.05, 3.63) is 12.1 Å². The predicted octanol–water partition coefficient (Wildman–Crippen LogP) is 0.689. The van der Waals surface area contributed by atoms with Gasteiger partial charge < -0.3 is 20.7 Å². The lowest BCUT2D eigenvalue weighted by Crippen LogP contribution is -1.88. The van der Waals surface area contributed by atoms with E-state index < -0.39 is 0 Å². The Morgan fingerprint density at radius 3 is 2.09 bits per heavy atom. The molecule has 0 bridgehead atoms. The average molecular weight is 155 g/mol. The van der Waals surface area contributed by atoms with Crippen LogP contribution in [-0.4, -0.2) is 17.3 Å². The number of hydrogen-bond donors (Lipinski definition) is 3. The van der Waals surface area contributed by atoms with E-state index >= 15 is 0 Å². The monoisotopic (exact) mass is 155 g/mol. The van der Waals surface area contributed by atoms with Gasteiger partial charge in [-0.25, -0.2) is 0 Å². The van der Waals surface area contributed by atoms with Crippen molar-refractivity contribution in [1.82, 2.24) is 0 Å². The first-order valence-corrected chi connectivity index (χ1v) is 3.00. The molecule has 0 aliphatic rings. The van der Waals surface area contributed by atoms with Crippen LogP contribution in [-0.2, 0) is 0 Å². The maximum absolute atomic E-state index is 9.05. The van der Waals surface area contributed by atoms with Crippen LogP contribution in [0.3, 0.4) is 0 Å². The lowest BCUT2D eigenvalue weighted by atomic mass is 10.2. The van der Waals surface area contributed by atoms with E-state index in [1.54, 1.807) is 0 Å². The second kappa shape index (κ2) is 2.57. The fraction of sp³-hybridized carbons (Fsp3) is 0.143. The minimum atomic E-state index is -0.179. The summed E-state index contributed by atoms with van der Waals surface area (Å²) in [5.74, 6) is 0.0119. The van der Waals surface area contributed by atoms with Crippen LogP contribution in [0, 0.1) is 0 Å². The summed E-state index contributed by atoms with van der Waals surface area (Å²) >= 11 is 0. The molecule has 0 spiro atoms. The largest absolute Gasteiger partial charge is 0.506 e. The van der Waals surface area contributed by atoms with E-state index in [1.807, 2.05) is 0 Å². The standard InChI is InChI=1S/C7H9NO3/c1-11-4-2-5(9)7(8)6(10)3-4/h2-3,9-10H,8H2,1H3. The molecule has 1 rings (SSSR count). The number of phenolic OH excluding ortho intramolecular Hbond substituents is 2. The van der Waals surface area contributed by atoms with Crippen LogP contribution in [0.2, 0.25) is 0 Å². The van der Waals surface area contributed by atoms with Crippen LogP contribution in [0.25, 0.3) is 0 Å². The van der Waals surface area contributed by atoms with E-state index in [4.69, 9.17) is 20.7 Å². The molecule has 0 aliphatic carbocycles. The Hall–Kier alpha value is -1.58. The zero-order valence-corrected chi connectivity index (χ0v) is 6.03. The molecule has 4 nitrogen and oxygen atoms in total. The zero-order chi connectivity index (χ0) is 8.43. The van der Waals surface area contributed by atoms with Crippen molar-refractivity contribution in [2.24, 2.45) is 0 Å². The Kier molecular flexibility index (Phi) is 1.76. The quantitative estimate of drug-likeness (QED) is 0.412. The highest BCUT2D eigenvalue weighted by Crippen LogP contribution is 2.34. The van der Waals surface area contributed by atoms with Crippen LogP contribution in [0.5, 0.6) is 17.2 Å². The number of nitrogen functional groups attached to an aromatic ring is 1. The minimum absolute atomic E-state index is 0.0363. The fourth-order valence-electron chi connectivity index (χ4n) is 0.716. The van der Waals surface area contributed by atoms with E-state index in [9.17, 15) is 0 Å². The molecule has 0 saturated heterocycles. The van der Waals surface area contributed by atoms with Gasteiger partial charge in [0, 0.05) is 12.1 Å². The second-order valence-corrected chi connectivity index (χ2v) is 2.08. The third-order valence-corrected chi connectivity index (χ3v) is 1.35. The molecule has 4 heteroatoms. The number of methoxy groups -OCH3 is 1. The molecule has 1 aromatic rings. The number of hydrogen-bond acceptors (Lipinski definition) is 4. The van der Waals surface area contributed by atoms with Crippen molar-refractivity contribution < 1.29 is 14.9 Å². The third-order valence-electron chi connectivity index (χ3n) is 1.35. The SMILES string of the molecule is COc1cc(O)c(N)c(O)c1. The van der Waals surface area contributed by atoms with Gasteiger partial charge >= 0.3 is 0 Å². The maximum atomic E-state index is 9.05. The Morgan fingerprint density at radius 1 is 1.27 bits per heavy atom. The molecule has 0 amide bonds. The molecule has 60 valence electrons. The number of rotatable bonds is 1. The lowest BCUT2D eigenvalue weighted by molar-refractivity contribution is 0.399. The van der Waals surface area contributed by atoms with Gasteiger partial charge in [-0.2, -0.15) is 0 Å². The van der Waals surface area contributed by atoms with Crippen molar-refractivity contribution in [3.63, 3.8) is 0 Å². The van der Waals surface area contributed by atoms with E-state index in [-0.39, 0.29) is 17.2 Å². The summed E-state index contributed by atoms with van der Waals surface area (Å²) in [4.78, 5) is 0. The summed E-state index contributed by atoms with van der Waals surface area (Å²) in [5.41, 5.74) is 5.21. The Bertz CT molecular complexity index is 249. The summed E-state index contributed by atoms with van der Waals surface area (Å²) < 4.78 is 4.76. The third kappa shape index (κ3) is 1.29. The number of ether oxygens (including phenoxy) is 1. The van der Waals surface area contributed by atoms with Gasteiger partial charge in [-0.3, -0.25) is 0 Å². The summed E-state index contributed by atoms with van der Waals surface area (Å²) in [6.07, 6.45) is 0. The van der Waals surface area contributed by atoms with Gasteiger partial charge in [0.2, 0.25) is 0 Å². The topological polar surface area (TPSA) is 75.7 Å². The molecule has 0 fully saturated rings. The molecule has 0 heterocycles. The van der Waals surface area contributed by atoms with Crippen LogP contribution >= 0.6 is 0 Å². The van der Waals surface area contributed by atoms with Gasteiger partial charge in [-0.15, -0.1) is 0 Å². The minimum Gasteiger partial charge on any atom is -0.506 e. The number of phenols is 2. The van der Waals surface area contributed by atoms with Crippen molar-refractivity contribution in [2.75, 3.05) is 12.8 Å². The Morgan fingerprint density at radius 2 is 1.73 bits per heavy atom.